The average Bonchev–Trinajstić information content (AvgIpc) is 2.67. The van der Waals surface area contributed by atoms with E-state index in [1.165, 1.54) is 36.4 Å². The molecule has 0 atom stereocenters. The molecule has 3 aromatic carbocycles. The summed E-state index contributed by atoms with van der Waals surface area (Å²) in [5.41, 5.74) is -2.68. The van der Waals surface area contributed by atoms with Gasteiger partial charge in [0.15, 0.2) is 0 Å². The molecule has 0 fully saturated rings. The molecule has 0 saturated carbocycles. The zero-order valence-corrected chi connectivity index (χ0v) is 17.8. The van der Waals surface area contributed by atoms with Gasteiger partial charge in [-0.15, -0.1) is 0 Å². The second-order valence-electron chi connectivity index (χ2n) is 6.47. The third-order valence-electron chi connectivity index (χ3n) is 4.36. The summed E-state index contributed by atoms with van der Waals surface area (Å²) >= 11 is -3.20. The van der Waals surface area contributed by atoms with Crippen LogP contribution in [0.25, 0.3) is 0 Å². The number of halogens is 9. The Morgan fingerprint density at radius 1 is 0.355 bits per heavy atom. The molecule has 31 heavy (non-hydrogen) atoms. The average molecular weight is 557 g/mol. The summed E-state index contributed by atoms with van der Waals surface area (Å²) in [6, 6.07) is 12.6. The summed E-state index contributed by atoms with van der Waals surface area (Å²) < 4.78 is 117. The van der Waals surface area contributed by atoms with Gasteiger partial charge in [0.05, 0.1) is 0 Å². The van der Waals surface area contributed by atoms with Crippen molar-refractivity contribution in [2.75, 3.05) is 0 Å². The topological polar surface area (TPSA) is 0 Å². The predicted octanol–water partition coefficient (Wildman–Crippen LogP) is 5.26. The van der Waals surface area contributed by atoms with Crippen molar-refractivity contribution < 1.29 is 39.5 Å². The van der Waals surface area contributed by atoms with Gasteiger partial charge in [0.25, 0.3) is 0 Å². The van der Waals surface area contributed by atoms with Gasteiger partial charge < -0.3 is 0 Å². The van der Waals surface area contributed by atoms with Crippen molar-refractivity contribution >= 4 is 30.7 Å². The van der Waals surface area contributed by atoms with E-state index >= 15 is 0 Å². The van der Waals surface area contributed by atoms with E-state index < -0.39 is 55.4 Å². The fourth-order valence-corrected chi connectivity index (χ4v) is 9.23. The van der Waals surface area contributed by atoms with E-state index in [2.05, 4.69) is 0 Å². The Hall–Kier alpha value is -2.15. The second kappa shape index (κ2) is 8.41. The maximum atomic E-state index is 12.9. The zero-order valence-electron chi connectivity index (χ0n) is 15.3. The summed E-state index contributed by atoms with van der Waals surface area (Å²) in [6.07, 6.45) is -13.7. The third-order valence-corrected chi connectivity index (χ3v) is 11.3. The molecule has 164 valence electrons. The quantitative estimate of drug-likeness (QED) is 0.305. The molecule has 10 heteroatoms. The Balaban J connectivity index is 2.08. The van der Waals surface area contributed by atoms with Crippen molar-refractivity contribution in [2.24, 2.45) is 0 Å². The number of rotatable bonds is 3. The van der Waals surface area contributed by atoms with Gasteiger partial charge in [-0.3, -0.25) is 0 Å². The molecule has 0 N–H and O–H groups in total. The van der Waals surface area contributed by atoms with Gasteiger partial charge in [-0.1, -0.05) is 0 Å². The van der Waals surface area contributed by atoms with Crippen LogP contribution in [0.1, 0.15) is 16.7 Å². The summed E-state index contributed by atoms with van der Waals surface area (Å²) in [7, 11) is 0. The van der Waals surface area contributed by atoms with Crippen molar-refractivity contribution in [1.29, 1.82) is 0 Å². The van der Waals surface area contributed by atoms with E-state index in [0.29, 0.717) is 10.5 Å². The second-order valence-corrected chi connectivity index (χ2v) is 12.8. The van der Waals surface area contributed by atoms with Gasteiger partial charge in [-0.25, -0.2) is 0 Å². The zero-order chi connectivity index (χ0) is 23.0. The molecule has 0 aliphatic heterocycles. The van der Waals surface area contributed by atoms with Crippen molar-refractivity contribution in [3.8, 4) is 0 Å². The Bertz CT molecular complexity index is 877. The summed E-state index contributed by atoms with van der Waals surface area (Å²) in [5.74, 6) is 0. The summed E-state index contributed by atoms with van der Waals surface area (Å²) in [6.45, 7) is 0. The van der Waals surface area contributed by atoms with E-state index in [0.717, 1.165) is 36.4 Å². The molecule has 3 aromatic rings. The first kappa shape index (κ1) is 23.5. The van der Waals surface area contributed by atoms with Gasteiger partial charge in [-0.05, 0) is 0 Å². The van der Waals surface area contributed by atoms with Crippen LogP contribution in [0.3, 0.4) is 0 Å². The normalized spacial score (nSPS) is 13.0. The van der Waals surface area contributed by atoms with E-state index in [-0.39, 0.29) is 0 Å². The number of benzene rings is 3. The monoisotopic (exact) mass is 556 g/mol. The molecule has 0 bridgehead atoms. The van der Waals surface area contributed by atoms with Crippen LogP contribution in [0.5, 0.6) is 0 Å². The van der Waals surface area contributed by atoms with Crippen LogP contribution < -0.4 is 10.5 Å². The van der Waals surface area contributed by atoms with Crippen LogP contribution in [-0.2, 0) is 18.5 Å². The van der Waals surface area contributed by atoms with E-state index in [1.54, 1.807) is 0 Å². The minimum absolute atomic E-state index is 0.468. The van der Waals surface area contributed by atoms with Crippen molar-refractivity contribution in [3.63, 3.8) is 0 Å². The standard InChI is InChI=1S/3C7H4F3.Sb/c3*8-7(9,10)6-4-2-1-3-5-6;/h3*2-5H;. The van der Waals surface area contributed by atoms with Crippen LogP contribution in [0, 0.1) is 0 Å². The van der Waals surface area contributed by atoms with Crippen LogP contribution in [0.2, 0.25) is 0 Å². The van der Waals surface area contributed by atoms with Crippen LogP contribution in [0.4, 0.5) is 39.5 Å². The molecule has 0 spiro atoms. The number of hydrogen-bond donors (Lipinski definition) is 0. The van der Waals surface area contributed by atoms with Gasteiger partial charge >= 0.3 is 178 Å². The maximum absolute atomic E-state index is 12.9. The summed E-state index contributed by atoms with van der Waals surface area (Å²) in [4.78, 5) is 0. The van der Waals surface area contributed by atoms with Gasteiger partial charge in [-0.2, -0.15) is 0 Å². The Morgan fingerprint density at radius 3 is 0.710 bits per heavy atom. The van der Waals surface area contributed by atoms with Crippen LogP contribution >= 0.6 is 0 Å². The van der Waals surface area contributed by atoms with Crippen molar-refractivity contribution in [2.45, 2.75) is 18.5 Å². The van der Waals surface area contributed by atoms with Gasteiger partial charge in [0, 0.05) is 0 Å². The Labute approximate surface area is 178 Å². The molecular weight excluding hydrogens is 545 g/mol. The van der Waals surface area contributed by atoms with Crippen molar-refractivity contribution in [3.05, 3.63) is 89.5 Å². The molecule has 0 aliphatic rings. The fraction of sp³-hybridized carbons (Fsp3) is 0.143. The van der Waals surface area contributed by atoms with E-state index in [9.17, 15) is 39.5 Å². The van der Waals surface area contributed by atoms with Crippen LogP contribution in [-0.4, -0.2) is 20.2 Å². The summed E-state index contributed by atoms with van der Waals surface area (Å²) in [5, 5.41) is 0. The molecule has 0 aliphatic carbocycles. The number of alkyl halides is 9. The molecule has 0 nitrogen and oxygen atoms in total. The molecule has 0 saturated heterocycles. The van der Waals surface area contributed by atoms with Gasteiger partial charge in [0.2, 0.25) is 0 Å². The Morgan fingerprint density at radius 2 is 0.548 bits per heavy atom. The third kappa shape index (κ3) is 5.56. The first-order valence-electron chi connectivity index (χ1n) is 8.59. The van der Waals surface area contributed by atoms with Gasteiger partial charge in [0.1, 0.15) is 0 Å². The van der Waals surface area contributed by atoms with Crippen molar-refractivity contribution in [1.82, 2.24) is 0 Å². The Kier molecular flexibility index (Phi) is 6.38. The molecular formula is C21H12F9Sb. The fourth-order valence-electron chi connectivity index (χ4n) is 2.85. The predicted molar refractivity (Wildman–Crippen MR) is 99.0 cm³/mol. The molecule has 0 aromatic heterocycles. The molecule has 3 rings (SSSR count). The molecule has 0 unspecified atom stereocenters. The van der Waals surface area contributed by atoms with E-state index in [4.69, 9.17) is 0 Å². The minimum atomic E-state index is -4.57. The molecule has 0 amide bonds. The number of hydrogen-bond acceptors (Lipinski definition) is 0. The van der Waals surface area contributed by atoms with Crippen LogP contribution in [0.15, 0.2) is 72.8 Å². The first-order valence-corrected chi connectivity index (χ1v) is 12.4. The first-order chi connectivity index (χ1) is 14.3. The SMILES string of the molecule is FC(F)(F)c1cc[c]([Sb]([c]2ccc(C(F)(F)F)cc2)[c]2ccc(C(F)(F)F)cc2)cc1. The molecule has 0 radical (unpaired) electrons. The molecule has 0 heterocycles. The van der Waals surface area contributed by atoms with E-state index in [1.807, 2.05) is 0 Å².